The molecule has 0 saturated carbocycles. The van der Waals surface area contributed by atoms with Crippen LogP contribution in [0, 0.1) is 0 Å². The Morgan fingerprint density at radius 2 is 1.31 bits per heavy atom. The summed E-state index contributed by atoms with van der Waals surface area (Å²) in [5.41, 5.74) is 5.27. The van der Waals surface area contributed by atoms with Gasteiger partial charge in [-0.2, -0.15) is 0 Å². The van der Waals surface area contributed by atoms with E-state index >= 15 is 0 Å². The second-order valence-electron chi connectivity index (χ2n) is 9.55. The van der Waals surface area contributed by atoms with Crippen molar-refractivity contribution in [1.29, 1.82) is 0 Å². The number of likely N-dealkylation sites (N-methyl/N-ethyl adjacent to an activating group) is 2. The Bertz CT molecular complexity index is 1210. The first-order valence-electron chi connectivity index (χ1n) is 12.3. The zero-order valence-corrected chi connectivity index (χ0v) is 21.2. The van der Waals surface area contributed by atoms with E-state index in [1.807, 2.05) is 26.2 Å². The summed E-state index contributed by atoms with van der Waals surface area (Å²) < 4.78 is 2.22. The molecule has 1 aromatic heterocycles. The first kappa shape index (κ1) is 24.7. The average molecular weight is 469 g/mol. The van der Waals surface area contributed by atoms with E-state index in [1.165, 1.54) is 11.1 Å². The molecule has 0 unspecified atom stereocenters. The van der Waals surface area contributed by atoms with E-state index in [1.54, 1.807) is 0 Å². The molecule has 182 valence electrons. The van der Waals surface area contributed by atoms with Gasteiger partial charge >= 0.3 is 0 Å². The molecule has 3 aromatic carbocycles. The van der Waals surface area contributed by atoms with Crippen molar-refractivity contribution in [3.8, 4) is 0 Å². The maximum absolute atomic E-state index is 13.9. The fraction of sp³-hybridized carbons (Fsp3) is 0.300. The van der Waals surface area contributed by atoms with Gasteiger partial charge in [-0.05, 0) is 45.4 Å². The zero-order valence-electron chi connectivity index (χ0n) is 21.2. The second-order valence-corrected chi connectivity index (χ2v) is 9.55. The van der Waals surface area contributed by atoms with E-state index in [-0.39, 0.29) is 11.8 Å². The highest BCUT2D eigenvalue weighted by molar-refractivity contribution is 6.02. The number of fused-ring (bicyclic) bond motifs is 1. The normalized spacial score (nSPS) is 11.6. The Balaban J connectivity index is 1.96. The molecule has 1 amide bonds. The molecule has 0 bridgehead atoms. The summed E-state index contributed by atoms with van der Waals surface area (Å²) in [5.74, 6) is -0.0776. The van der Waals surface area contributed by atoms with Crippen LogP contribution in [0.2, 0.25) is 0 Å². The van der Waals surface area contributed by atoms with Gasteiger partial charge in [0.05, 0.1) is 0 Å². The average Bonchev–Trinajstić information content (AvgIpc) is 3.18. The standard InChI is InChI=1S/C30H36N4O/c1-32(2)20-19-31-30(35)29-28(25-17-11-12-18-26(25)34(29)22-21-33(3)4)27(23-13-7-5-8-14-23)24-15-9-6-10-16-24/h5-18,27H,19-22H2,1-4H3,(H,31,35). The van der Waals surface area contributed by atoms with E-state index in [9.17, 15) is 4.79 Å². The predicted molar refractivity (Wildman–Crippen MR) is 145 cm³/mol. The van der Waals surface area contributed by atoms with Gasteiger partial charge < -0.3 is 19.7 Å². The maximum atomic E-state index is 13.9. The molecule has 35 heavy (non-hydrogen) atoms. The summed E-state index contributed by atoms with van der Waals surface area (Å²) in [6, 6.07) is 29.5. The van der Waals surface area contributed by atoms with Crippen molar-refractivity contribution in [2.45, 2.75) is 12.5 Å². The van der Waals surface area contributed by atoms with Crippen LogP contribution in [0.4, 0.5) is 0 Å². The number of aromatic nitrogens is 1. The van der Waals surface area contributed by atoms with E-state index < -0.39 is 0 Å². The van der Waals surface area contributed by atoms with Crippen LogP contribution in [0.3, 0.4) is 0 Å². The van der Waals surface area contributed by atoms with Crippen LogP contribution in [0.5, 0.6) is 0 Å². The molecule has 1 heterocycles. The molecule has 0 aliphatic rings. The van der Waals surface area contributed by atoms with Crippen LogP contribution in [-0.2, 0) is 6.54 Å². The van der Waals surface area contributed by atoms with Crippen molar-refractivity contribution in [3.05, 3.63) is 107 Å². The van der Waals surface area contributed by atoms with E-state index in [0.717, 1.165) is 41.8 Å². The highest BCUT2D eigenvalue weighted by atomic mass is 16.2. The number of hydrogen-bond donors (Lipinski definition) is 1. The van der Waals surface area contributed by atoms with Gasteiger partial charge in [0.2, 0.25) is 0 Å². The minimum absolute atomic E-state index is 0.0198. The third kappa shape index (κ3) is 5.64. The van der Waals surface area contributed by atoms with Gasteiger partial charge in [0.15, 0.2) is 0 Å². The molecule has 1 N–H and O–H groups in total. The number of para-hydroxylation sites is 1. The monoisotopic (exact) mass is 468 g/mol. The SMILES string of the molecule is CN(C)CCNC(=O)c1c(C(c2ccccc2)c2ccccc2)c2ccccc2n1CCN(C)C. The van der Waals surface area contributed by atoms with E-state index in [4.69, 9.17) is 0 Å². The molecule has 0 aliphatic heterocycles. The molecule has 0 saturated heterocycles. The number of nitrogens with zero attached hydrogens (tertiary/aromatic N) is 3. The molecule has 5 nitrogen and oxygen atoms in total. The lowest BCUT2D eigenvalue weighted by molar-refractivity contribution is 0.0940. The number of rotatable bonds is 10. The van der Waals surface area contributed by atoms with Gasteiger partial charge in [-0.25, -0.2) is 0 Å². The van der Waals surface area contributed by atoms with Gasteiger partial charge in [0, 0.05) is 48.6 Å². The first-order chi connectivity index (χ1) is 17.0. The topological polar surface area (TPSA) is 40.5 Å². The molecule has 5 heteroatoms. The summed E-state index contributed by atoms with van der Waals surface area (Å²) in [5, 5.41) is 4.33. The first-order valence-corrected chi connectivity index (χ1v) is 12.3. The van der Waals surface area contributed by atoms with Crippen molar-refractivity contribution >= 4 is 16.8 Å². The van der Waals surface area contributed by atoms with Crippen LogP contribution < -0.4 is 5.32 Å². The molecule has 0 radical (unpaired) electrons. The molecule has 4 aromatic rings. The lowest BCUT2D eigenvalue weighted by Crippen LogP contribution is -2.34. The van der Waals surface area contributed by atoms with Crippen LogP contribution in [0.15, 0.2) is 84.9 Å². The van der Waals surface area contributed by atoms with Gasteiger partial charge in [0.25, 0.3) is 5.91 Å². The largest absolute Gasteiger partial charge is 0.349 e. The molecule has 0 atom stereocenters. The van der Waals surface area contributed by atoms with Gasteiger partial charge in [0.1, 0.15) is 5.69 Å². The minimum atomic E-state index is -0.0579. The highest BCUT2D eigenvalue weighted by Gasteiger charge is 2.30. The molecular formula is C30H36N4O. The number of nitrogens with one attached hydrogen (secondary N) is 1. The van der Waals surface area contributed by atoms with Gasteiger partial charge in [-0.3, -0.25) is 4.79 Å². The summed E-state index contributed by atoms with van der Waals surface area (Å²) in [6.45, 7) is 2.97. The molecule has 0 fully saturated rings. The predicted octanol–water partition coefficient (Wildman–Crippen LogP) is 4.67. The molecule has 0 aliphatic carbocycles. The van der Waals surface area contributed by atoms with E-state index in [2.05, 4.69) is 107 Å². The quantitative estimate of drug-likeness (QED) is 0.368. The minimum Gasteiger partial charge on any atom is -0.349 e. The van der Waals surface area contributed by atoms with E-state index in [0.29, 0.717) is 6.54 Å². The van der Waals surface area contributed by atoms with Crippen molar-refractivity contribution in [2.24, 2.45) is 0 Å². The van der Waals surface area contributed by atoms with Gasteiger partial charge in [-0.1, -0.05) is 78.9 Å². The Labute approximate surface area is 209 Å². The van der Waals surface area contributed by atoms with Crippen molar-refractivity contribution < 1.29 is 4.79 Å². The molecule has 0 spiro atoms. The number of carbonyl (C=O) groups is 1. The Morgan fingerprint density at radius 3 is 1.89 bits per heavy atom. The number of benzene rings is 3. The van der Waals surface area contributed by atoms with Crippen LogP contribution >= 0.6 is 0 Å². The van der Waals surface area contributed by atoms with Gasteiger partial charge in [-0.15, -0.1) is 0 Å². The second kappa shape index (κ2) is 11.3. The summed E-state index contributed by atoms with van der Waals surface area (Å²) in [7, 11) is 8.18. The van der Waals surface area contributed by atoms with Crippen molar-refractivity contribution in [3.63, 3.8) is 0 Å². The van der Waals surface area contributed by atoms with Crippen molar-refractivity contribution in [1.82, 2.24) is 19.7 Å². The third-order valence-corrected chi connectivity index (χ3v) is 6.40. The summed E-state index contributed by atoms with van der Waals surface area (Å²) in [4.78, 5) is 18.1. The maximum Gasteiger partial charge on any atom is 0.268 e. The van der Waals surface area contributed by atoms with Crippen LogP contribution in [-0.4, -0.2) is 68.1 Å². The number of hydrogen-bond acceptors (Lipinski definition) is 3. The van der Waals surface area contributed by atoms with Crippen LogP contribution in [0.1, 0.15) is 33.1 Å². The number of amides is 1. The lowest BCUT2D eigenvalue weighted by Gasteiger charge is -2.21. The summed E-state index contributed by atoms with van der Waals surface area (Å²) >= 11 is 0. The summed E-state index contributed by atoms with van der Waals surface area (Å²) in [6.07, 6.45) is 0. The molecular weight excluding hydrogens is 432 g/mol. The highest BCUT2D eigenvalue weighted by Crippen LogP contribution is 2.40. The van der Waals surface area contributed by atoms with Crippen molar-refractivity contribution in [2.75, 3.05) is 47.8 Å². The number of carbonyl (C=O) groups excluding carboxylic acids is 1. The Kier molecular flexibility index (Phi) is 8.01. The Hall–Kier alpha value is -3.41. The third-order valence-electron chi connectivity index (χ3n) is 6.40. The fourth-order valence-electron chi connectivity index (χ4n) is 4.69. The lowest BCUT2D eigenvalue weighted by atomic mass is 9.83. The Morgan fingerprint density at radius 1 is 0.771 bits per heavy atom. The fourth-order valence-corrected chi connectivity index (χ4v) is 4.69. The smallest absolute Gasteiger partial charge is 0.268 e. The molecule has 4 rings (SSSR count). The zero-order chi connectivity index (χ0) is 24.8. The van der Waals surface area contributed by atoms with Crippen LogP contribution in [0.25, 0.3) is 10.9 Å².